The zero-order valence-electron chi connectivity index (χ0n) is 16.5. The number of nitrogen functional groups attached to an aromatic ring is 1. The van der Waals surface area contributed by atoms with E-state index in [1.54, 1.807) is 41.8 Å². The van der Waals surface area contributed by atoms with Crippen molar-refractivity contribution < 1.29 is 14.6 Å². The molecule has 0 spiro atoms. The number of ether oxygens (including phenoxy) is 1. The first-order valence-electron chi connectivity index (χ1n) is 9.33. The van der Waals surface area contributed by atoms with Crippen LogP contribution in [0.15, 0.2) is 36.9 Å². The van der Waals surface area contributed by atoms with Crippen molar-refractivity contribution in [2.75, 3.05) is 23.8 Å². The molecule has 0 saturated carbocycles. The number of fused-ring (bicyclic) bond motifs is 1. The van der Waals surface area contributed by atoms with E-state index < -0.39 is 5.60 Å². The third kappa shape index (κ3) is 3.94. The van der Waals surface area contributed by atoms with E-state index in [4.69, 9.17) is 22.1 Å². The average molecular weight is 429 g/mol. The lowest BCUT2D eigenvalue weighted by atomic mass is 10.1. The van der Waals surface area contributed by atoms with E-state index >= 15 is 0 Å². The van der Waals surface area contributed by atoms with Crippen LogP contribution in [0.25, 0.3) is 11.1 Å². The van der Waals surface area contributed by atoms with Gasteiger partial charge < -0.3 is 20.5 Å². The zero-order chi connectivity index (χ0) is 21.5. The highest BCUT2D eigenvalue weighted by Crippen LogP contribution is 2.34. The highest BCUT2D eigenvalue weighted by molar-refractivity contribution is 6.33. The third-order valence-corrected chi connectivity index (χ3v) is 4.92. The number of carbonyl (C=O) groups excluding carboxylic acids is 1. The van der Waals surface area contributed by atoms with Gasteiger partial charge in [-0.1, -0.05) is 17.7 Å². The molecule has 9 nitrogen and oxygen atoms in total. The van der Waals surface area contributed by atoms with Crippen LogP contribution in [0.3, 0.4) is 0 Å². The number of amides is 1. The van der Waals surface area contributed by atoms with Crippen LogP contribution in [0, 0.1) is 0 Å². The lowest BCUT2D eigenvalue weighted by molar-refractivity contribution is 0.0577. The van der Waals surface area contributed by atoms with E-state index in [2.05, 4.69) is 15.1 Å². The van der Waals surface area contributed by atoms with Crippen molar-refractivity contribution in [3.8, 4) is 17.0 Å². The number of halogens is 1. The number of hydrogen-bond acceptors (Lipinski definition) is 7. The summed E-state index contributed by atoms with van der Waals surface area (Å²) in [7, 11) is 0. The standard InChI is InChI=1S/C20H21ClN6O3/c1-20(2,29)10-26-9-12(8-25-26)14-4-3-13(7-15(14)21)27-5-6-30-18-16(19(27)28)17(22)23-11-24-18/h3-4,7-9,11,29H,5-6,10H2,1-2H3,(H2,22,23,24). The van der Waals surface area contributed by atoms with Gasteiger partial charge in [-0.3, -0.25) is 9.48 Å². The van der Waals surface area contributed by atoms with E-state index in [0.29, 0.717) is 23.8 Å². The summed E-state index contributed by atoms with van der Waals surface area (Å²) < 4.78 is 7.22. The van der Waals surface area contributed by atoms with Gasteiger partial charge >= 0.3 is 0 Å². The topological polar surface area (TPSA) is 119 Å². The van der Waals surface area contributed by atoms with Crippen molar-refractivity contribution in [2.24, 2.45) is 0 Å². The fourth-order valence-electron chi connectivity index (χ4n) is 3.30. The van der Waals surface area contributed by atoms with Crippen molar-refractivity contribution in [1.29, 1.82) is 0 Å². The summed E-state index contributed by atoms with van der Waals surface area (Å²) in [5.41, 5.74) is 7.33. The molecular weight excluding hydrogens is 408 g/mol. The highest BCUT2D eigenvalue weighted by atomic mass is 35.5. The van der Waals surface area contributed by atoms with Gasteiger partial charge in [0, 0.05) is 23.0 Å². The monoisotopic (exact) mass is 428 g/mol. The summed E-state index contributed by atoms with van der Waals surface area (Å²) in [6, 6.07) is 5.35. The molecule has 1 amide bonds. The summed E-state index contributed by atoms with van der Waals surface area (Å²) in [5.74, 6) is -0.0989. The van der Waals surface area contributed by atoms with E-state index in [9.17, 15) is 9.90 Å². The van der Waals surface area contributed by atoms with Gasteiger partial charge in [-0.05, 0) is 26.0 Å². The summed E-state index contributed by atoms with van der Waals surface area (Å²) in [5, 5.41) is 14.7. The fraction of sp³-hybridized carbons (Fsp3) is 0.300. The van der Waals surface area contributed by atoms with Gasteiger partial charge in [-0.15, -0.1) is 0 Å². The molecule has 0 radical (unpaired) electrons. The number of carbonyl (C=O) groups is 1. The number of hydrogen-bond donors (Lipinski definition) is 2. The molecule has 0 saturated heterocycles. The maximum absolute atomic E-state index is 13.1. The minimum absolute atomic E-state index is 0.0684. The molecular formula is C20H21ClN6O3. The predicted octanol–water partition coefficient (Wildman–Crippen LogP) is 2.39. The molecule has 3 aromatic rings. The van der Waals surface area contributed by atoms with Crippen molar-refractivity contribution >= 4 is 29.0 Å². The molecule has 10 heteroatoms. The summed E-state index contributed by atoms with van der Waals surface area (Å²) in [4.78, 5) is 22.5. The quantitative estimate of drug-likeness (QED) is 0.654. The molecule has 2 aromatic heterocycles. The van der Waals surface area contributed by atoms with Crippen molar-refractivity contribution in [2.45, 2.75) is 26.0 Å². The third-order valence-electron chi connectivity index (χ3n) is 4.61. The number of rotatable bonds is 4. The maximum atomic E-state index is 13.1. The number of aliphatic hydroxyl groups is 1. The number of nitrogens with two attached hydrogens (primary N) is 1. The van der Waals surface area contributed by atoms with Gasteiger partial charge in [0.2, 0.25) is 5.88 Å². The molecule has 0 fully saturated rings. The second kappa shape index (κ2) is 7.58. The highest BCUT2D eigenvalue weighted by Gasteiger charge is 2.29. The Hall–Kier alpha value is -3.17. The second-order valence-electron chi connectivity index (χ2n) is 7.65. The molecule has 0 unspecified atom stereocenters. The van der Waals surface area contributed by atoms with E-state index in [1.807, 2.05) is 12.3 Å². The maximum Gasteiger partial charge on any atom is 0.267 e. The van der Waals surface area contributed by atoms with Crippen molar-refractivity contribution in [3.63, 3.8) is 0 Å². The Morgan fingerprint density at radius 3 is 2.87 bits per heavy atom. The molecule has 3 N–H and O–H groups in total. The van der Waals surface area contributed by atoms with Crippen LogP contribution in [-0.2, 0) is 6.54 Å². The Morgan fingerprint density at radius 2 is 2.13 bits per heavy atom. The molecule has 1 aliphatic rings. The predicted molar refractivity (Wildman–Crippen MR) is 113 cm³/mol. The lowest BCUT2D eigenvalue weighted by Gasteiger charge is -2.21. The van der Waals surface area contributed by atoms with Crippen molar-refractivity contribution in [1.82, 2.24) is 19.7 Å². The second-order valence-corrected chi connectivity index (χ2v) is 8.05. The molecule has 1 aromatic carbocycles. The fourth-order valence-corrected chi connectivity index (χ4v) is 3.58. The van der Waals surface area contributed by atoms with Crippen LogP contribution in [0.5, 0.6) is 5.88 Å². The minimum Gasteiger partial charge on any atom is -0.475 e. The number of nitrogens with zero attached hydrogens (tertiary/aromatic N) is 5. The van der Waals surface area contributed by atoms with Gasteiger partial charge in [-0.2, -0.15) is 5.10 Å². The number of anilines is 2. The SMILES string of the molecule is CC(C)(O)Cn1cc(-c2ccc(N3CCOc4ncnc(N)c4C3=O)cc2Cl)cn1. The van der Waals surface area contributed by atoms with Gasteiger partial charge in [0.1, 0.15) is 24.3 Å². The van der Waals surface area contributed by atoms with Crippen LogP contribution in [-0.4, -0.2) is 49.5 Å². The van der Waals surface area contributed by atoms with Crippen LogP contribution in [0.4, 0.5) is 11.5 Å². The smallest absolute Gasteiger partial charge is 0.267 e. The molecule has 3 heterocycles. The first kappa shape index (κ1) is 20.1. The molecule has 156 valence electrons. The van der Waals surface area contributed by atoms with Crippen molar-refractivity contribution in [3.05, 3.63) is 47.5 Å². The van der Waals surface area contributed by atoms with Gasteiger partial charge in [0.05, 0.1) is 29.9 Å². The van der Waals surface area contributed by atoms with Gasteiger partial charge in [0.25, 0.3) is 5.91 Å². The molecule has 1 aliphatic heterocycles. The first-order valence-corrected chi connectivity index (χ1v) is 9.70. The molecule has 0 bridgehead atoms. The van der Waals surface area contributed by atoms with Gasteiger partial charge in [0.15, 0.2) is 0 Å². The van der Waals surface area contributed by atoms with Crippen LogP contribution in [0.2, 0.25) is 5.02 Å². The van der Waals surface area contributed by atoms with Crippen LogP contribution in [0.1, 0.15) is 24.2 Å². The Balaban J connectivity index is 1.64. The average Bonchev–Trinajstić information content (AvgIpc) is 3.03. The van der Waals surface area contributed by atoms with Gasteiger partial charge in [-0.25, -0.2) is 9.97 Å². The summed E-state index contributed by atoms with van der Waals surface area (Å²) in [6.07, 6.45) is 4.77. The number of aromatic nitrogens is 4. The number of benzene rings is 1. The molecule has 0 aliphatic carbocycles. The molecule has 0 atom stereocenters. The Kier molecular flexibility index (Phi) is 5.08. The normalized spacial score (nSPS) is 14.3. The van der Waals surface area contributed by atoms with E-state index in [1.165, 1.54) is 6.33 Å². The Morgan fingerprint density at radius 1 is 1.33 bits per heavy atom. The van der Waals surface area contributed by atoms with Crippen LogP contribution >= 0.6 is 11.6 Å². The largest absolute Gasteiger partial charge is 0.475 e. The lowest BCUT2D eigenvalue weighted by Crippen LogP contribution is -2.32. The Labute approximate surface area is 178 Å². The van der Waals surface area contributed by atoms with Crippen LogP contribution < -0.4 is 15.4 Å². The first-order chi connectivity index (χ1) is 14.2. The summed E-state index contributed by atoms with van der Waals surface area (Å²) >= 11 is 6.54. The minimum atomic E-state index is -0.881. The zero-order valence-corrected chi connectivity index (χ0v) is 17.3. The Bertz CT molecular complexity index is 1110. The molecule has 30 heavy (non-hydrogen) atoms. The van der Waals surface area contributed by atoms with E-state index in [-0.39, 0.29) is 29.8 Å². The molecule has 4 rings (SSSR count). The van der Waals surface area contributed by atoms with E-state index in [0.717, 1.165) is 11.1 Å². The summed E-state index contributed by atoms with van der Waals surface area (Å²) in [6.45, 7) is 4.36.